The number of fused-ring (bicyclic) bond motifs is 1. The smallest absolute Gasteiger partial charge is 0.245 e. The minimum absolute atomic E-state index is 0.0562. The number of anilines is 2. The number of sulfonamides is 1. The standard InChI is InChI=1S/C23H30N6O4S/c30-34(31,26-13-18-7-4-12-32-18)19-10-8-17(9-11-19)27-23-28-21-20(24-15-25-21)22(29-23)33-14-16-5-2-1-3-6-16/h8-11,15-16,18,26H,1-7,12-14H2,(H2,24,25,27,28,29). The Morgan fingerprint density at radius 2 is 1.88 bits per heavy atom. The fourth-order valence-electron chi connectivity index (χ4n) is 4.46. The number of imidazole rings is 1. The first kappa shape index (κ1) is 23.0. The molecule has 182 valence electrons. The molecular formula is C23H30N6O4S. The van der Waals surface area contributed by atoms with Gasteiger partial charge >= 0.3 is 0 Å². The van der Waals surface area contributed by atoms with Crippen molar-refractivity contribution in [3.05, 3.63) is 30.6 Å². The Morgan fingerprint density at radius 3 is 2.65 bits per heavy atom. The number of hydrogen-bond acceptors (Lipinski definition) is 8. The molecule has 0 amide bonds. The van der Waals surface area contributed by atoms with Crippen LogP contribution in [0.1, 0.15) is 44.9 Å². The van der Waals surface area contributed by atoms with Crippen molar-refractivity contribution in [1.29, 1.82) is 0 Å². The number of aromatic amines is 1. The van der Waals surface area contributed by atoms with Gasteiger partial charge in [0.25, 0.3) is 0 Å². The van der Waals surface area contributed by atoms with Crippen LogP contribution in [-0.4, -0.2) is 54.2 Å². The summed E-state index contributed by atoms with van der Waals surface area (Å²) in [5.74, 6) is 1.35. The molecule has 10 nitrogen and oxygen atoms in total. The molecule has 11 heteroatoms. The molecule has 3 heterocycles. The molecule has 2 fully saturated rings. The number of ether oxygens (including phenoxy) is 2. The van der Waals surface area contributed by atoms with Crippen LogP contribution in [-0.2, 0) is 14.8 Å². The zero-order chi connectivity index (χ0) is 23.4. The van der Waals surface area contributed by atoms with Gasteiger partial charge in [0.2, 0.25) is 21.9 Å². The van der Waals surface area contributed by atoms with Gasteiger partial charge in [0.15, 0.2) is 5.65 Å². The number of rotatable bonds is 9. The lowest BCUT2D eigenvalue weighted by molar-refractivity contribution is 0.114. The first-order valence-electron chi connectivity index (χ1n) is 11.9. The summed E-state index contributed by atoms with van der Waals surface area (Å²) in [4.78, 5) is 16.5. The summed E-state index contributed by atoms with van der Waals surface area (Å²) in [6, 6.07) is 6.46. The molecule has 2 aliphatic rings. The highest BCUT2D eigenvalue weighted by molar-refractivity contribution is 7.89. The van der Waals surface area contributed by atoms with Gasteiger partial charge in [-0.15, -0.1) is 0 Å². The molecule has 1 atom stereocenters. The summed E-state index contributed by atoms with van der Waals surface area (Å²) >= 11 is 0. The van der Waals surface area contributed by atoms with Crippen molar-refractivity contribution in [2.75, 3.05) is 25.1 Å². The lowest BCUT2D eigenvalue weighted by atomic mass is 9.90. The molecule has 0 bridgehead atoms. The third-order valence-corrected chi connectivity index (χ3v) is 7.82. The van der Waals surface area contributed by atoms with Crippen LogP contribution >= 0.6 is 0 Å². The number of hydrogen-bond donors (Lipinski definition) is 3. The second-order valence-electron chi connectivity index (χ2n) is 8.90. The average molecular weight is 487 g/mol. The largest absolute Gasteiger partial charge is 0.476 e. The van der Waals surface area contributed by atoms with E-state index in [9.17, 15) is 8.42 Å². The van der Waals surface area contributed by atoms with Crippen molar-refractivity contribution in [3.8, 4) is 5.88 Å². The molecular weight excluding hydrogens is 456 g/mol. The minimum atomic E-state index is -3.61. The summed E-state index contributed by atoms with van der Waals surface area (Å²) in [5.41, 5.74) is 1.83. The Bertz CT molecular complexity index is 1200. The third kappa shape index (κ3) is 5.48. The molecule has 1 saturated heterocycles. The molecule has 3 N–H and O–H groups in total. The molecule has 1 aliphatic carbocycles. The van der Waals surface area contributed by atoms with Gasteiger partial charge in [-0.05, 0) is 55.9 Å². The van der Waals surface area contributed by atoms with Crippen molar-refractivity contribution in [3.63, 3.8) is 0 Å². The van der Waals surface area contributed by atoms with E-state index in [0.717, 1.165) is 12.8 Å². The SMILES string of the molecule is O=S(=O)(NCC1CCCO1)c1ccc(Nc2nc(OCC3CCCCC3)c3[nH]cnc3n2)cc1. The van der Waals surface area contributed by atoms with Gasteiger partial charge in [0, 0.05) is 18.8 Å². The zero-order valence-electron chi connectivity index (χ0n) is 19.0. The monoisotopic (exact) mass is 486 g/mol. The van der Waals surface area contributed by atoms with E-state index in [1.807, 2.05) is 0 Å². The van der Waals surface area contributed by atoms with Crippen LogP contribution in [0.2, 0.25) is 0 Å². The summed E-state index contributed by atoms with van der Waals surface area (Å²) in [5, 5.41) is 3.13. The molecule has 2 aromatic heterocycles. The number of nitrogens with zero attached hydrogens (tertiary/aromatic N) is 3. The van der Waals surface area contributed by atoms with E-state index in [2.05, 4.69) is 30.0 Å². The number of benzene rings is 1. The highest BCUT2D eigenvalue weighted by Crippen LogP contribution is 2.27. The van der Waals surface area contributed by atoms with E-state index in [-0.39, 0.29) is 17.5 Å². The Kier molecular flexibility index (Phi) is 6.93. The van der Waals surface area contributed by atoms with Crippen LogP contribution in [0.3, 0.4) is 0 Å². The van der Waals surface area contributed by atoms with E-state index < -0.39 is 10.0 Å². The highest BCUT2D eigenvalue weighted by atomic mass is 32.2. The quantitative estimate of drug-likeness (QED) is 0.419. The van der Waals surface area contributed by atoms with E-state index >= 15 is 0 Å². The fraction of sp³-hybridized carbons (Fsp3) is 0.522. The predicted molar refractivity (Wildman–Crippen MR) is 128 cm³/mol. The van der Waals surface area contributed by atoms with E-state index in [1.165, 1.54) is 32.1 Å². The lowest BCUT2D eigenvalue weighted by Crippen LogP contribution is -2.31. The molecule has 1 aliphatic heterocycles. The summed E-state index contributed by atoms with van der Waals surface area (Å²) in [7, 11) is -3.61. The van der Waals surface area contributed by atoms with Crippen molar-refractivity contribution in [2.24, 2.45) is 5.92 Å². The zero-order valence-corrected chi connectivity index (χ0v) is 19.8. The minimum Gasteiger partial charge on any atom is -0.476 e. The predicted octanol–water partition coefficient (Wildman–Crippen LogP) is 3.51. The maximum atomic E-state index is 12.6. The number of H-pyrrole nitrogens is 1. The van der Waals surface area contributed by atoms with Crippen LogP contribution in [0, 0.1) is 5.92 Å². The Balaban J connectivity index is 1.26. The first-order valence-corrected chi connectivity index (χ1v) is 13.4. The van der Waals surface area contributed by atoms with Crippen LogP contribution in [0.4, 0.5) is 11.6 Å². The maximum Gasteiger partial charge on any atom is 0.245 e. The van der Waals surface area contributed by atoms with Gasteiger partial charge in [-0.25, -0.2) is 18.1 Å². The van der Waals surface area contributed by atoms with Crippen molar-refractivity contribution < 1.29 is 17.9 Å². The van der Waals surface area contributed by atoms with Crippen molar-refractivity contribution >= 4 is 32.8 Å². The molecule has 1 aromatic carbocycles. The van der Waals surface area contributed by atoms with Gasteiger partial charge in [0.05, 0.1) is 23.9 Å². The van der Waals surface area contributed by atoms with Crippen LogP contribution in [0.15, 0.2) is 35.5 Å². The van der Waals surface area contributed by atoms with Gasteiger partial charge in [-0.1, -0.05) is 19.3 Å². The third-order valence-electron chi connectivity index (χ3n) is 6.38. The van der Waals surface area contributed by atoms with Crippen LogP contribution in [0.5, 0.6) is 5.88 Å². The average Bonchev–Trinajstić information content (AvgIpc) is 3.55. The number of nitrogens with one attached hydrogen (secondary N) is 3. The lowest BCUT2D eigenvalue weighted by Gasteiger charge is -2.21. The van der Waals surface area contributed by atoms with Gasteiger partial charge in [-0.2, -0.15) is 9.97 Å². The fourth-order valence-corrected chi connectivity index (χ4v) is 5.52. The molecule has 0 spiro atoms. The molecule has 0 radical (unpaired) electrons. The Labute approximate surface area is 198 Å². The molecule has 34 heavy (non-hydrogen) atoms. The Hall–Kier alpha value is -2.76. The summed E-state index contributed by atoms with van der Waals surface area (Å²) < 4.78 is 39.3. The molecule has 1 saturated carbocycles. The first-order chi connectivity index (χ1) is 16.6. The van der Waals surface area contributed by atoms with Crippen LogP contribution < -0.4 is 14.8 Å². The maximum absolute atomic E-state index is 12.6. The second-order valence-corrected chi connectivity index (χ2v) is 10.7. The Morgan fingerprint density at radius 1 is 1.06 bits per heavy atom. The molecule has 1 unspecified atom stereocenters. The van der Waals surface area contributed by atoms with E-state index in [4.69, 9.17) is 9.47 Å². The normalized spacial score (nSPS) is 19.5. The highest BCUT2D eigenvalue weighted by Gasteiger charge is 2.21. The van der Waals surface area contributed by atoms with Gasteiger partial charge in [-0.3, -0.25) is 0 Å². The summed E-state index contributed by atoms with van der Waals surface area (Å²) in [6.07, 6.45) is 9.51. The van der Waals surface area contributed by atoms with E-state index in [1.54, 1.807) is 30.6 Å². The summed E-state index contributed by atoms with van der Waals surface area (Å²) in [6.45, 7) is 1.59. The molecule has 3 aromatic rings. The van der Waals surface area contributed by atoms with Gasteiger partial charge < -0.3 is 19.8 Å². The topological polar surface area (TPSA) is 131 Å². The number of aromatic nitrogens is 4. The molecule has 5 rings (SSSR count). The van der Waals surface area contributed by atoms with Crippen LogP contribution in [0.25, 0.3) is 11.2 Å². The van der Waals surface area contributed by atoms with Gasteiger partial charge in [0.1, 0.15) is 5.52 Å². The van der Waals surface area contributed by atoms with Crippen molar-refractivity contribution in [1.82, 2.24) is 24.7 Å². The van der Waals surface area contributed by atoms with Crippen molar-refractivity contribution in [2.45, 2.75) is 55.9 Å². The second kappa shape index (κ2) is 10.2. The van der Waals surface area contributed by atoms with E-state index in [0.29, 0.717) is 47.8 Å².